The number of hydrogen-bond acceptors (Lipinski definition) is 3. The largest absolute Gasteiger partial charge is 0.335 e. The minimum absolute atomic E-state index is 0.0582. The van der Waals surface area contributed by atoms with Crippen molar-refractivity contribution in [2.75, 3.05) is 6.54 Å². The molecule has 1 unspecified atom stereocenters. The van der Waals surface area contributed by atoms with Gasteiger partial charge in [-0.1, -0.05) is 26.2 Å². The predicted octanol–water partition coefficient (Wildman–Crippen LogP) is 3.92. The first-order valence-electron chi connectivity index (χ1n) is 9.99. The molecule has 5 heteroatoms. The van der Waals surface area contributed by atoms with Gasteiger partial charge in [0.25, 0.3) is 0 Å². The highest BCUT2D eigenvalue weighted by Crippen LogP contribution is 2.35. The lowest BCUT2D eigenvalue weighted by Gasteiger charge is -2.50. The predicted molar refractivity (Wildman–Crippen MR) is 101 cm³/mol. The van der Waals surface area contributed by atoms with Gasteiger partial charge in [0.05, 0.1) is 0 Å². The van der Waals surface area contributed by atoms with Crippen LogP contribution in [0.1, 0.15) is 86.5 Å². The van der Waals surface area contributed by atoms with Gasteiger partial charge in [0.1, 0.15) is 0 Å². The third-order valence-corrected chi connectivity index (χ3v) is 5.94. The second kappa shape index (κ2) is 7.65. The number of amides is 3. The maximum absolute atomic E-state index is 12.9. The molecule has 0 aromatic carbocycles. The SMILES string of the molecule is CCC(C)N1C(C)(C)CC(=O)N(C(=O)NC2CCCCC2)CC1(C)C. The summed E-state index contributed by atoms with van der Waals surface area (Å²) in [5, 5.41) is 3.12. The van der Waals surface area contributed by atoms with Crippen LogP contribution >= 0.6 is 0 Å². The number of imide groups is 1. The first kappa shape index (κ1) is 20.2. The monoisotopic (exact) mass is 351 g/mol. The number of nitrogens with one attached hydrogen (secondary N) is 1. The molecule has 1 aliphatic heterocycles. The molecule has 1 N–H and O–H groups in total. The molecule has 2 fully saturated rings. The number of rotatable bonds is 3. The fourth-order valence-electron chi connectivity index (χ4n) is 4.98. The molecule has 25 heavy (non-hydrogen) atoms. The van der Waals surface area contributed by atoms with Crippen molar-refractivity contribution >= 4 is 11.9 Å². The zero-order valence-electron chi connectivity index (χ0n) is 17.0. The van der Waals surface area contributed by atoms with Crippen LogP contribution in [-0.4, -0.2) is 51.4 Å². The van der Waals surface area contributed by atoms with Gasteiger partial charge < -0.3 is 5.32 Å². The first-order chi connectivity index (χ1) is 11.6. The van der Waals surface area contributed by atoms with Crippen LogP contribution in [0.4, 0.5) is 4.79 Å². The maximum Gasteiger partial charge on any atom is 0.324 e. The smallest absolute Gasteiger partial charge is 0.324 e. The summed E-state index contributed by atoms with van der Waals surface area (Å²) < 4.78 is 0. The molecule has 0 bridgehead atoms. The van der Waals surface area contributed by atoms with E-state index in [0.29, 0.717) is 19.0 Å². The summed E-state index contributed by atoms with van der Waals surface area (Å²) in [7, 11) is 0. The molecule has 5 nitrogen and oxygen atoms in total. The van der Waals surface area contributed by atoms with Crippen molar-refractivity contribution in [2.24, 2.45) is 0 Å². The lowest BCUT2D eigenvalue weighted by Crippen LogP contribution is -2.61. The molecule has 0 radical (unpaired) electrons. The summed E-state index contributed by atoms with van der Waals surface area (Å²) in [4.78, 5) is 29.7. The number of nitrogens with zero attached hydrogens (tertiary/aromatic N) is 2. The van der Waals surface area contributed by atoms with Gasteiger partial charge in [0, 0.05) is 36.1 Å². The van der Waals surface area contributed by atoms with Gasteiger partial charge in [0.2, 0.25) is 5.91 Å². The Morgan fingerprint density at radius 1 is 1.16 bits per heavy atom. The van der Waals surface area contributed by atoms with Crippen molar-refractivity contribution in [1.82, 2.24) is 15.1 Å². The fourth-order valence-corrected chi connectivity index (χ4v) is 4.98. The minimum Gasteiger partial charge on any atom is -0.335 e. The fraction of sp³-hybridized carbons (Fsp3) is 0.900. The highest BCUT2D eigenvalue weighted by Gasteiger charge is 2.47. The summed E-state index contributed by atoms with van der Waals surface area (Å²) in [5.74, 6) is -0.0582. The Balaban J connectivity index is 2.20. The van der Waals surface area contributed by atoms with Gasteiger partial charge in [0.15, 0.2) is 0 Å². The van der Waals surface area contributed by atoms with Crippen molar-refractivity contribution in [3.05, 3.63) is 0 Å². The van der Waals surface area contributed by atoms with Crippen LogP contribution in [0.15, 0.2) is 0 Å². The molecule has 2 aliphatic rings. The normalized spacial score (nSPS) is 26.2. The number of urea groups is 1. The molecule has 1 aliphatic carbocycles. The van der Waals surface area contributed by atoms with Gasteiger partial charge in [-0.05, 0) is 53.9 Å². The Kier molecular flexibility index (Phi) is 6.18. The molecular weight excluding hydrogens is 314 g/mol. The van der Waals surface area contributed by atoms with Gasteiger partial charge in [-0.15, -0.1) is 0 Å². The Morgan fingerprint density at radius 2 is 1.76 bits per heavy atom. The van der Waals surface area contributed by atoms with Crippen LogP contribution in [0.5, 0.6) is 0 Å². The highest BCUT2D eigenvalue weighted by atomic mass is 16.2. The second-order valence-corrected chi connectivity index (χ2v) is 9.19. The molecule has 144 valence electrons. The zero-order valence-corrected chi connectivity index (χ0v) is 17.0. The zero-order chi connectivity index (χ0) is 18.8. The number of carbonyl (C=O) groups excluding carboxylic acids is 2. The molecule has 1 saturated carbocycles. The summed E-state index contributed by atoms with van der Waals surface area (Å²) in [6.45, 7) is 13.4. The summed E-state index contributed by atoms with van der Waals surface area (Å²) in [5.41, 5.74) is -0.523. The minimum atomic E-state index is -0.268. The van der Waals surface area contributed by atoms with Crippen molar-refractivity contribution < 1.29 is 9.59 Å². The molecule has 0 spiro atoms. The van der Waals surface area contributed by atoms with E-state index in [4.69, 9.17) is 0 Å². The first-order valence-corrected chi connectivity index (χ1v) is 9.99. The molecule has 3 amide bonds. The van der Waals surface area contributed by atoms with Gasteiger partial charge in [-0.2, -0.15) is 0 Å². The third kappa shape index (κ3) is 4.55. The van der Waals surface area contributed by atoms with Crippen LogP contribution in [0.25, 0.3) is 0 Å². The molecule has 0 aromatic rings. The third-order valence-electron chi connectivity index (χ3n) is 5.94. The molecule has 2 rings (SSSR count). The van der Waals surface area contributed by atoms with Crippen LogP contribution in [0, 0.1) is 0 Å². The summed E-state index contributed by atoms with van der Waals surface area (Å²) in [6, 6.07) is 0.380. The van der Waals surface area contributed by atoms with Gasteiger partial charge >= 0.3 is 6.03 Å². The maximum atomic E-state index is 12.9. The lowest BCUT2D eigenvalue weighted by atomic mass is 9.89. The van der Waals surface area contributed by atoms with E-state index in [1.165, 1.54) is 24.2 Å². The molecule has 1 saturated heterocycles. The quantitative estimate of drug-likeness (QED) is 0.838. The average Bonchev–Trinajstić information content (AvgIpc) is 2.58. The van der Waals surface area contributed by atoms with E-state index in [1.54, 1.807) is 0 Å². The Morgan fingerprint density at radius 3 is 2.32 bits per heavy atom. The number of carbonyl (C=O) groups is 2. The molecule has 1 atom stereocenters. The van der Waals surface area contributed by atoms with Crippen LogP contribution < -0.4 is 5.32 Å². The van der Waals surface area contributed by atoms with E-state index in [9.17, 15) is 9.59 Å². The van der Waals surface area contributed by atoms with Gasteiger partial charge in [-0.25, -0.2) is 4.79 Å². The molecule has 1 heterocycles. The van der Waals surface area contributed by atoms with E-state index >= 15 is 0 Å². The molecular formula is C20H37N3O2. The van der Waals surface area contributed by atoms with E-state index in [0.717, 1.165) is 19.3 Å². The summed E-state index contributed by atoms with van der Waals surface area (Å²) in [6.07, 6.45) is 7.04. The highest BCUT2D eigenvalue weighted by molar-refractivity contribution is 5.95. The summed E-state index contributed by atoms with van der Waals surface area (Å²) >= 11 is 0. The van der Waals surface area contributed by atoms with E-state index in [-0.39, 0.29) is 29.1 Å². The van der Waals surface area contributed by atoms with Crippen molar-refractivity contribution in [3.8, 4) is 0 Å². The standard InChI is InChI=1S/C20H37N3O2/c1-7-15(2)23-19(3,4)13-17(24)22(14-20(23,5)6)18(25)21-16-11-9-8-10-12-16/h15-16H,7-14H2,1-6H3,(H,21,25). The average molecular weight is 352 g/mol. The van der Waals surface area contributed by atoms with Crippen LogP contribution in [0.3, 0.4) is 0 Å². The topological polar surface area (TPSA) is 52.7 Å². The van der Waals surface area contributed by atoms with Gasteiger partial charge in [-0.3, -0.25) is 14.6 Å². The van der Waals surface area contributed by atoms with Crippen molar-refractivity contribution in [2.45, 2.75) is 110 Å². The Hall–Kier alpha value is -1.10. The number of hydrogen-bond donors (Lipinski definition) is 1. The van der Waals surface area contributed by atoms with E-state index < -0.39 is 0 Å². The Labute approximate surface area is 153 Å². The van der Waals surface area contributed by atoms with Crippen LogP contribution in [0.2, 0.25) is 0 Å². The van der Waals surface area contributed by atoms with E-state index in [1.807, 2.05) is 0 Å². The van der Waals surface area contributed by atoms with E-state index in [2.05, 4.69) is 51.8 Å². The second-order valence-electron chi connectivity index (χ2n) is 9.19. The lowest BCUT2D eigenvalue weighted by molar-refractivity contribution is -0.129. The van der Waals surface area contributed by atoms with Crippen molar-refractivity contribution in [3.63, 3.8) is 0 Å². The van der Waals surface area contributed by atoms with Crippen molar-refractivity contribution in [1.29, 1.82) is 0 Å². The van der Waals surface area contributed by atoms with Crippen LogP contribution in [-0.2, 0) is 4.79 Å². The Bertz CT molecular complexity index is 495. The molecule has 0 aromatic heterocycles.